The summed E-state index contributed by atoms with van der Waals surface area (Å²) in [6.07, 6.45) is -0.166. The zero-order valence-corrected chi connectivity index (χ0v) is 11.9. The number of carbonyl (C=O) groups excluding carboxylic acids is 1. The van der Waals surface area contributed by atoms with Crippen molar-refractivity contribution >= 4 is 12.1 Å². The van der Waals surface area contributed by atoms with Crippen LogP contribution in [0, 0.1) is 11.1 Å². The first kappa shape index (κ1) is 16.8. The molecule has 1 heterocycles. The fraction of sp³-hybridized carbons (Fsp3) is 0.818. The van der Waals surface area contributed by atoms with Crippen LogP contribution in [0.4, 0.5) is 4.79 Å². The summed E-state index contributed by atoms with van der Waals surface area (Å²) in [5, 5.41) is 24.9. The molecule has 0 aromatic carbocycles. The summed E-state index contributed by atoms with van der Waals surface area (Å²) in [7, 11) is 0. The van der Waals surface area contributed by atoms with Gasteiger partial charge in [-0.05, 0) is 26.7 Å². The third-order valence-electron chi connectivity index (χ3n) is 2.68. The molecule has 1 aliphatic rings. The molecule has 1 aliphatic heterocycles. The summed E-state index contributed by atoms with van der Waals surface area (Å²) in [5.41, 5.74) is 0. The van der Waals surface area contributed by atoms with Gasteiger partial charge in [-0.1, -0.05) is 0 Å². The average Bonchev–Trinajstić information content (AvgIpc) is 2.42. The number of carboxylic acids is 1. The van der Waals surface area contributed by atoms with Crippen LogP contribution in [-0.2, 0) is 19.1 Å². The van der Waals surface area contributed by atoms with Gasteiger partial charge in [-0.3, -0.25) is 4.79 Å². The summed E-state index contributed by atoms with van der Waals surface area (Å²) >= 11 is 0. The van der Waals surface area contributed by atoms with Gasteiger partial charge in [0.15, 0.2) is 0 Å². The lowest BCUT2D eigenvalue weighted by molar-refractivity contribution is -0.714. The second-order valence-corrected chi connectivity index (χ2v) is 4.73. The van der Waals surface area contributed by atoms with E-state index in [-0.39, 0.29) is 17.6 Å². The molecule has 1 fully saturated rings. The van der Waals surface area contributed by atoms with Gasteiger partial charge in [0.2, 0.25) is 5.28 Å². The molecule has 0 radical (unpaired) electrons. The highest BCUT2D eigenvalue weighted by Crippen LogP contribution is 2.16. The van der Waals surface area contributed by atoms with Gasteiger partial charge >= 0.3 is 12.1 Å². The molecule has 0 bridgehead atoms. The molecule has 10 heteroatoms. The number of aliphatic carboxylic acids is 1. The molecule has 0 aromatic rings. The lowest BCUT2D eigenvalue weighted by Gasteiger charge is -2.26. The lowest BCUT2D eigenvalue weighted by Crippen LogP contribution is -2.42. The molecular formula is C11H19N3O7. The first-order valence-electron chi connectivity index (χ1n) is 6.51. The van der Waals surface area contributed by atoms with E-state index in [2.05, 4.69) is 19.6 Å². The summed E-state index contributed by atoms with van der Waals surface area (Å²) < 4.78 is 9.16. The minimum atomic E-state index is -0.950. The SMILES string of the molecule is CC(C)OC(=O)OCO/N=[N+](\[O-])N1CCCC(C(=O)O)C1. The highest BCUT2D eigenvalue weighted by molar-refractivity contribution is 5.70. The summed E-state index contributed by atoms with van der Waals surface area (Å²) in [6.45, 7) is 3.18. The molecule has 0 aliphatic carbocycles. The number of hydrogen-bond acceptors (Lipinski definition) is 7. The summed E-state index contributed by atoms with van der Waals surface area (Å²) in [5.74, 6) is -1.56. The Hall–Kier alpha value is -2.26. The molecule has 1 unspecified atom stereocenters. The highest BCUT2D eigenvalue weighted by atomic mass is 16.8. The van der Waals surface area contributed by atoms with E-state index in [9.17, 15) is 14.8 Å². The number of nitrogens with zero attached hydrogens (tertiary/aromatic N) is 3. The van der Waals surface area contributed by atoms with Crippen molar-refractivity contribution in [3.63, 3.8) is 0 Å². The van der Waals surface area contributed by atoms with Gasteiger partial charge in [0, 0.05) is 0 Å². The number of ether oxygens (including phenoxy) is 2. The molecular weight excluding hydrogens is 286 g/mol. The van der Waals surface area contributed by atoms with Crippen molar-refractivity contribution in [2.24, 2.45) is 11.2 Å². The van der Waals surface area contributed by atoms with Crippen molar-refractivity contribution in [3.05, 3.63) is 5.21 Å². The minimum Gasteiger partial charge on any atom is -0.569 e. The molecule has 0 spiro atoms. The Bertz CT molecular complexity index is 399. The third kappa shape index (κ3) is 6.15. The predicted molar refractivity (Wildman–Crippen MR) is 66.6 cm³/mol. The van der Waals surface area contributed by atoms with E-state index in [1.807, 2.05) is 0 Å². The standard InChI is InChI=1S/C11H19N3O7/c1-8(2)21-11(17)19-7-20-12-14(18)13-5-3-4-9(6-13)10(15)16/h8-9H,3-7H2,1-2H3,(H,15,16)/b14-12-. The molecule has 10 nitrogen and oxygen atoms in total. The second-order valence-electron chi connectivity index (χ2n) is 4.73. The Balaban J connectivity index is 2.32. The van der Waals surface area contributed by atoms with E-state index >= 15 is 0 Å². The van der Waals surface area contributed by atoms with Crippen LogP contribution in [0.1, 0.15) is 26.7 Å². The molecule has 1 rings (SSSR count). The molecule has 21 heavy (non-hydrogen) atoms. The van der Waals surface area contributed by atoms with Gasteiger partial charge in [-0.2, -0.15) is 0 Å². The molecule has 120 valence electrons. The van der Waals surface area contributed by atoms with Crippen molar-refractivity contribution in [2.75, 3.05) is 19.9 Å². The van der Waals surface area contributed by atoms with Gasteiger partial charge in [-0.15, -0.1) is 5.01 Å². The van der Waals surface area contributed by atoms with Crippen LogP contribution in [0.25, 0.3) is 0 Å². The second kappa shape index (κ2) is 8.12. The molecule has 0 saturated carbocycles. The fourth-order valence-electron chi connectivity index (χ4n) is 1.74. The van der Waals surface area contributed by atoms with Gasteiger partial charge in [0.25, 0.3) is 6.79 Å². The van der Waals surface area contributed by atoms with Crippen LogP contribution in [-0.4, -0.2) is 53.2 Å². The lowest BCUT2D eigenvalue weighted by atomic mass is 10.00. The Labute approximate surface area is 121 Å². The average molecular weight is 305 g/mol. The van der Waals surface area contributed by atoms with E-state index in [1.54, 1.807) is 13.8 Å². The maximum Gasteiger partial charge on any atom is 0.511 e. The smallest absolute Gasteiger partial charge is 0.511 e. The van der Waals surface area contributed by atoms with Crippen LogP contribution >= 0.6 is 0 Å². The van der Waals surface area contributed by atoms with Crippen LogP contribution < -0.4 is 0 Å². The zero-order chi connectivity index (χ0) is 15.8. The van der Waals surface area contributed by atoms with E-state index in [1.165, 1.54) is 5.01 Å². The Morgan fingerprint density at radius 1 is 1.52 bits per heavy atom. The van der Waals surface area contributed by atoms with Gasteiger partial charge in [0.1, 0.15) is 0 Å². The van der Waals surface area contributed by atoms with Crippen LogP contribution in [0.5, 0.6) is 0 Å². The summed E-state index contributed by atoms with van der Waals surface area (Å²) in [4.78, 5) is 26.5. The molecule has 0 amide bonds. The number of carboxylic acid groups (broad SMARTS) is 1. The number of piperidine rings is 1. The third-order valence-corrected chi connectivity index (χ3v) is 2.68. The van der Waals surface area contributed by atoms with Gasteiger partial charge < -0.3 is 24.6 Å². The van der Waals surface area contributed by atoms with Crippen molar-refractivity contribution < 1.29 is 34.0 Å². The van der Waals surface area contributed by atoms with Crippen molar-refractivity contribution in [3.8, 4) is 0 Å². The van der Waals surface area contributed by atoms with Crippen molar-refractivity contribution in [1.29, 1.82) is 0 Å². The number of rotatable bonds is 6. The van der Waals surface area contributed by atoms with E-state index in [4.69, 9.17) is 5.11 Å². The zero-order valence-electron chi connectivity index (χ0n) is 11.9. The van der Waals surface area contributed by atoms with Gasteiger partial charge in [0.05, 0.1) is 30.1 Å². The monoisotopic (exact) mass is 305 g/mol. The van der Waals surface area contributed by atoms with E-state index in [0.29, 0.717) is 19.4 Å². The summed E-state index contributed by atoms with van der Waals surface area (Å²) in [6, 6.07) is 0. The topological polar surface area (TPSA) is 124 Å². The number of hydrazine groups is 1. The maximum absolute atomic E-state index is 11.6. The van der Waals surface area contributed by atoms with E-state index in [0.717, 1.165) is 0 Å². The Kier molecular flexibility index (Phi) is 6.50. The van der Waals surface area contributed by atoms with Crippen molar-refractivity contribution in [1.82, 2.24) is 5.01 Å². The molecule has 1 saturated heterocycles. The Morgan fingerprint density at radius 2 is 2.24 bits per heavy atom. The number of hydrogen-bond donors (Lipinski definition) is 1. The molecule has 0 aromatic heterocycles. The minimum absolute atomic E-state index is 0.0575. The fourth-order valence-corrected chi connectivity index (χ4v) is 1.74. The van der Waals surface area contributed by atoms with Crippen molar-refractivity contribution in [2.45, 2.75) is 32.8 Å². The first-order chi connectivity index (χ1) is 9.90. The normalized spacial score (nSPS) is 19.3. The largest absolute Gasteiger partial charge is 0.569 e. The number of carbonyl (C=O) groups is 2. The maximum atomic E-state index is 11.6. The Morgan fingerprint density at radius 3 is 2.86 bits per heavy atom. The van der Waals surface area contributed by atoms with Crippen LogP contribution in [0.3, 0.4) is 0 Å². The van der Waals surface area contributed by atoms with E-state index < -0.39 is 24.8 Å². The predicted octanol–water partition coefficient (Wildman–Crippen LogP) is 1.11. The van der Waals surface area contributed by atoms with Gasteiger partial charge in [-0.25, -0.2) is 4.79 Å². The highest BCUT2D eigenvalue weighted by Gasteiger charge is 2.29. The molecule has 1 N–H and O–H groups in total. The first-order valence-corrected chi connectivity index (χ1v) is 6.51. The molecule has 1 atom stereocenters. The van der Waals surface area contributed by atoms with Crippen LogP contribution in [0.2, 0.25) is 0 Å². The quantitative estimate of drug-likeness (QED) is 0.193. The van der Waals surface area contributed by atoms with Crippen LogP contribution in [0.15, 0.2) is 5.28 Å².